The van der Waals surface area contributed by atoms with Crippen molar-refractivity contribution < 1.29 is 29.1 Å². The van der Waals surface area contributed by atoms with E-state index < -0.39 is 51.9 Å². The third-order valence-corrected chi connectivity index (χ3v) is 8.04. The summed E-state index contributed by atoms with van der Waals surface area (Å²) in [4.78, 5) is 63.9. The first kappa shape index (κ1) is 26.2. The maximum Gasteiger partial charge on any atom is 0.327 e. The zero-order chi connectivity index (χ0) is 26.0. The predicted molar refractivity (Wildman–Crippen MR) is 132 cm³/mol. The van der Waals surface area contributed by atoms with Crippen molar-refractivity contribution in [2.24, 2.45) is 0 Å². The number of nitrogens with one attached hydrogen (secondary N) is 2. The minimum absolute atomic E-state index is 0.0464. The fourth-order valence-corrected chi connectivity index (χ4v) is 6.30. The van der Waals surface area contributed by atoms with E-state index in [1.165, 1.54) is 16.7 Å². The van der Waals surface area contributed by atoms with E-state index in [0.29, 0.717) is 17.9 Å². The van der Waals surface area contributed by atoms with Crippen LogP contribution in [-0.2, 0) is 24.0 Å². The molecule has 10 heteroatoms. The van der Waals surface area contributed by atoms with Gasteiger partial charge in [0.2, 0.25) is 17.7 Å². The number of amides is 3. The highest BCUT2D eigenvalue weighted by atomic mass is 32.2. The summed E-state index contributed by atoms with van der Waals surface area (Å²) in [5.74, 6) is -1.93. The van der Waals surface area contributed by atoms with Crippen molar-refractivity contribution in [2.75, 3.05) is 0 Å². The smallest absolute Gasteiger partial charge is 0.327 e. The third kappa shape index (κ3) is 5.28. The molecule has 5 radical (unpaired) electrons. The van der Waals surface area contributed by atoms with Gasteiger partial charge in [-0.05, 0) is 51.5 Å². The lowest BCUT2D eigenvalue weighted by atomic mass is 9.95. The van der Waals surface area contributed by atoms with E-state index in [0.717, 1.165) is 0 Å². The lowest BCUT2D eigenvalue weighted by molar-refractivity contribution is -0.161. The molecule has 1 aliphatic carbocycles. The Morgan fingerprint density at radius 3 is 2.39 bits per heavy atom. The summed E-state index contributed by atoms with van der Waals surface area (Å²) in [6, 6.07) is 5.77. The highest BCUT2D eigenvalue weighted by Gasteiger charge is 2.64. The number of Topliss-reactive ketones (excluding diaryl/α,β-unsaturated/α-hetero) is 1. The fraction of sp³-hybridized carbons (Fsp3) is 0.385. The van der Waals surface area contributed by atoms with Gasteiger partial charge in [-0.3, -0.25) is 19.2 Å². The number of thioether (sulfide) groups is 1. The Labute approximate surface area is 214 Å². The van der Waals surface area contributed by atoms with Gasteiger partial charge in [0, 0.05) is 23.5 Å². The Balaban J connectivity index is 1.38. The number of carbonyl (C=O) groups is 5. The zero-order valence-electron chi connectivity index (χ0n) is 20.0. The van der Waals surface area contributed by atoms with Crippen LogP contribution in [0, 0.1) is 31.6 Å². The standard InChI is InChI=1S/C26H28N3O6S/c1-26(2)21(25(34)35)29-23(33)20(24(29)36-26)28-22(32)19(16-11-4-3-5-12-16)27-18(31)14-8-13-17(30)15-9-6-7-10-15/h3-7,9-12,19-21,24H,8,13-14H2,1-2H3,(H,27,31)(H,28,32)(H,34,35)/t19-,20-,21+,24-/m1/s1. The second-order valence-electron chi connectivity index (χ2n) is 9.45. The summed E-state index contributed by atoms with van der Waals surface area (Å²) in [5.41, 5.74) is 0.544. The third-order valence-electron chi connectivity index (χ3n) is 6.47. The van der Waals surface area contributed by atoms with Crippen molar-refractivity contribution in [1.82, 2.24) is 15.5 Å². The van der Waals surface area contributed by atoms with E-state index in [1.54, 1.807) is 69.9 Å². The molecular weight excluding hydrogens is 482 g/mol. The summed E-state index contributed by atoms with van der Waals surface area (Å²) >= 11 is 1.33. The topological polar surface area (TPSA) is 133 Å². The van der Waals surface area contributed by atoms with Crippen LogP contribution in [0.1, 0.15) is 44.7 Å². The molecule has 0 bridgehead atoms. The first-order valence-corrected chi connectivity index (χ1v) is 12.6. The summed E-state index contributed by atoms with van der Waals surface area (Å²) in [5, 5.41) is 14.5. The molecule has 1 aromatic carbocycles. The molecule has 3 aliphatic rings. The van der Waals surface area contributed by atoms with Gasteiger partial charge in [-0.2, -0.15) is 0 Å². The number of benzene rings is 1. The SMILES string of the molecule is CC1(C)S[C@@H]2[C@H](NC(=O)[C@H](NC(=O)CCCC(=O)[C]3[CH][CH][CH][CH]3)c3ccccc3)C(=O)N2[C@H]1C(=O)O. The van der Waals surface area contributed by atoms with E-state index in [4.69, 9.17) is 0 Å². The van der Waals surface area contributed by atoms with Crippen molar-refractivity contribution in [1.29, 1.82) is 0 Å². The average molecular weight is 511 g/mol. The maximum absolute atomic E-state index is 13.3. The Kier molecular flexibility index (Phi) is 7.73. The van der Waals surface area contributed by atoms with E-state index in [1.807, 2.05) is 0 Å². The second kappa shape index (κ2) is 10.6. The summed E-state index contributed by atoms with van der Waals surface area (Å²) in [7, 11) is 0. The molecule has 3 N–H and O–H groups in total. The molecule has 36 heavy (non-hydrogen) atoms. The lowest BCUT2D eigenvalue weighted by Crippen LogP contribution is -2.71. The maximum atomic E-state index is 13.3. The van der Waals surface area contributed by atoms with Gasteiger partial charge in [0.05, 0.1) is 0 Å². The Morgan fingerprint density at radius 2 is 1.75 bits per heavy atom. The molecule has 2 aliphatic heterocycles. The molecule has 0 spiro atoms. The van der Waals surface area contributed by atoms with Crippen LogP contribution < -0.4 is 10.6 Å². The van der Waals surface area contributed by atoms with Crippen LogP contribution in [0.4, 0.5) is 0 Å². The van der Waals surface area contributed by atoms with Crippen molar-refractivity contribution in [3.05, 3.63) is 67.5 Å². The largest absolute Gasteiger partial charge is 0.480 e. The summed E-state index contributed by atoms with van der Waals surface area (Å²) < 4.78 is -0.710. The van der Waals surface area contributed by atoms with E-state index in [-0.39, 0.29) is 18.6 Å². The van der Waals surface area contributed by atoms with Gasteiger partial charge < -0.3 is 20.6 Å². The molecule has 2 saturated heterocycles. The van der Waals surface area contributed by atoms with Crippen molar-refractivity contribution in [2.45, 2.75) is 61.4 Å². The van der Waals surface area contributed by atoms with Crippen LogP contribution in [0.2, 0.25) is 0 Å². The molecular formula is C26H28N3O6S. The first-order chi connectivity index (χ1) is 17.1. The van der Waals surface area contributed by atoms with Crippen LogP contribution in [-0.4, -0.2) is 61.7 Å². The quantitative estimate of drug-likeness (QED) is 0.408. The molecule has 2 heterocycles. The Bertz CT molecular complexity index is 1040. The predicted octanol–water partition coefficient (Wildman–Crippen LogP) is 1.62. The molecule has 4 rings (SSSR count). The molecule has 4 atom stereocenters. The van der Waals surface area contributed by atoms with Crippen LogP contribution in [0.5, 0.6) is 0 Å². The van der Waals surface area contributed by atoms with Crippen molar-refractivity contribution in [3.63, 3.8) is 0 Å². The number of nitrogens with zero attached hydrogens (tertiary/aromatic N) is 1. The first-order valence-electron chi connectivity index (χ1n) is 11.7. The highest BCUT2D eigenvalue weighted by Crippen LogP contribution is 2.50. The molecule has 1 aromatic rings. The van der Waals surface area contributed by atoms with Gasteiger partial charge in [0.25, 0.3) is 0 Å². The minimum atomic E-state index is -1.08. The van der Waals surface area contributed by atoms with Gasteiger partial charge in [-0.15, -0.1) is 11.8 Å². The number of β-lactam (4-membered cyclic amide) rings is 1. The zero-order valence-corrected chi connectivity index (χ0v) is 20.8. The number of carboxylic acids is 1. The van der Waals surface area contributed by atoms with Gasteiger partial charge in [0.15, 0.2) is 0 Å². The van der Waals surface area contributed by atoms with Crippen molar-refractivity contribution >= 4 is 41.2 Å². The molecule has 3 fully saturated rings. The molecule has 0 aromatic heterocycles. The van der Waals surface area contributed by atoms with Gasteiger partial charge in [0.1, 0.15) is 29.3 Å². The second-order valence-corrected chi connectivity index (χ2v) is 11.2. The minimum Gasteiger partial charge on any atom is -0.480 e. The number of carboxylic acid groups (broad SMARTS) is 1. The lowest BCUT2D eigenvalue weighted by Gasteiger charge is -2.44. The molecule has 0 unspecified atom stereocenters. The van der Waals surface area contributed by atoms with Gasteiger partial charge >= 0.3 is 5.97 Å². The molecule has 3 amide bonds. The number of carbonyl (C=O) groups excluding carboxylic acids is 4. The van der Waals surface area contributed by atoms with Crippen LogP contribution in [0.15, 0.2) is 30.3 Å². The fourth-order valence-electron chi connectivity index (χ4n) is 4.67. The monoisotopic (exact) mass is 510 g/mol. The summed E-state index contributed by atoms with van der Waals surface area (Å²) in [6.07, 6.45) is 7.62. The van der Waals surface area contributed by atoms with Crippen LogP contribution >= 0.6 is 11.8 Å². The normalized spacial score (nSPS) is 25.6. The van der Waals surface area contributed by atoms with E-state index in [2.05, 4.69) is 10.6 Å². The molecule has 1 saturated carbocycles. The Morgan fingerprint density at radius 1 is 1.08 bits per heavy atom. The van der Waals surface area contributed by atoms with Crippen LogP contribution in [0.25, 0.3) is 0 Å². The van der Waals surface area contributed by atoms with Crippen LogP contribution in [0.3, 0.4) is 0 Å². The Hall–Kier alpha value is -2.88. The number of aliphatic carboxylic acids is 1. The van der Waals surface area contributed by atoms with Crippen molar-refractivity contribution in [3.8, 4) is 0 Å². The summed E-state index contributed by atoms with van der Waals surface area (Å²) in [6.45, 7) is 3.52. The number of rotatable bonds is 10. The van der Waals surface area contributed by atoms with E-state index in [9.17, 15) is 29.1 Å². The van der Waals surface area contributed by atoms with Gasteiger partial charge in [-0.25, -0.2) is 4.79 Å². The molecule has 189 valence electrons. The number of hydrogen-bond acceptors (Lipinski definition) is 6. The van der Waals surface area contributed by atoms with Gasteiger partial charge in [-0.1, -0.05) is 30.3 Å². The highest BCUT2D eigenvalue weighted by molar-refractivity contribution is 8.01. The average Bonchev–Trinajstić information content (AvgIpc) is 3.46. The number of hydrogen-bond donors (Lipinski definition) is 3. The molecule has 9 nitrogen and oxygen atoms in total. The van der Waals surface area contributed by atoms with E-state index >= 15 is 0 Å². The number of ketones is 1. The number of fused-ring (bicyclic) bond motifs is 1.